The number of hydrogen-bond donors (Lipinski definition) is 1. The Bertz CT molecular complexity index is 449. The summed E-state index contributed by atoms with van der Waals surface area (Å²) < 4.78 is 0. The number of pyridine rings is 1. The lowest BCUT2D eigenvalue weighted by Gasteiger charge is -2.16. The molecule has 4 nitrogen and oxygen atoms in total. The topological polar surface area (TPSA) is 45.2 Å². The summed E-state index contributed by atoms with van der Waals surface area (Å²) in [5, 5.41) is 3.89. The lowest BCUT2D eigenvalue weighted by molar-refractivity contribution is -0.122. The highest BCUT2D eigenvalue weighted by atomic mass is 35.5. The van der Waals surface area contributed by atoms with E-state index in [-0.39, 0.29) is 5.91 Å². The Kier molecular flexibility index (Phi) is 4.43. The average molecular weight is 288 g/mol. The van der Waals surface area contributed by atoms with Crippen molar-refractivity contribution in [3.05, 3.63) is 28.0 Å². The molecular formula is C12H15Cl2N3O. The second-order valence-corrected chi connectivity index (χ2v) is 5.41. The van der Waals surface area contributed by atoms with Crippen LogP contribution in [0, 0.1) is 0 Å². The molecule has 1 aromatic rings. The van der Waals surface area contributed by atoms with E-state index in [4.69, 9.17) is 23.2 Å². The van der Waals surface area contributed by atoms with Gasteiger partial charge < -0.3 is 5.32 Å². The van der Waals surface area contributed by atoms with Crippen molar-refractivity contribution in [1.82, 2.24) is 15.2 Å². The standard InChI is InChI=1S/C12H15Cl2N3O/c1-17(7-12(18)16-9-2-3-9)6-8-5-15-11(14)4-10(8)13/h4-5,9H,2-3,6-7H2,1H3,(H,16,18). The van der Waals surface area contributed by atoms with E-state index in [0.29, 0.717) is 29.3 Å². The van der Waals surface area contributed by atoms with Crippen molar-refractivity contribution in [3.63, 3.8) is 0 Å². The minimum atomic E-state index is 0.0537. The lowest BCUT2D eigenvalue weighted by atomic mass is 10.2. The van der Waals surface area contributed by atoms with Gasteiger partial charge in [0.2, 0.25) is 5.91 Å². The van der Waals surface area contributed by atoms with Crippen molar-refractivity contribution in [2.24, 2.45) is 0 Å². The number of rotatable bonds is 5. The van der Waals surface area contributed by atoms with Gasteiger partial charge in [-0.3, -0.25) is 9.69 Å². The summed E-state index contributed by atoms with van der Waals surface area (Å²) in [4.78, 5) is 17.5. The highest BCUT2D eigenvalue weighted by Crippen LogP contribution is 2.20. The van der Waals surface area contributed by atoms with Gasteiger partial charge >= 0.3 is 0 Å². The Morgan fingerprint density at radius 1 is 1.56 bits per heavy atom. The number of nitrogens with zero attached hydrogens (tertiary/aromatic N) is 2. The summed E-state index contributed by atoms with van der Waals surface area (Å²) in [5.41, 5.74) is 0.864. The van der Waals surface area contributed by atoms with Crippen LogP contribution >= 0.6 is 23.2 Å². The second kappa shape index (κ2) is 5.87. The first-order valence-corrected chi connectivity index (χ1v) is 6.58. The van der Waals surface area contributed by atoms with E-state index in [1.54, 1.807) is 12.3 Å². The molecule has 0 aliphatic heterocycles. The van der Waals surface area contributed by atoms with E-state index in [2.05, 4.69) is 10.3 Å². The monoisotopic (exact) mass is 287 g/mol. The minimum absolute atomic E-state index is 0.0537. The molecule has 1 aromatic heterocycles. The molecular weight excluding hydrogens is 273 g/mol. The molecule has 18 heavy (non-hydrogen) atoms. The molecule has 0 spiro atoms. The van der Waals surface area contributed by atoms with E-state index in [1.165, 1.54) is 0 Å². The Labute approximate surface area is 116 Å². The zero-order valence-electron chi connectivity index (χ0n) is 10.1. The van der Waals surface area contributed by atoms with Crippen LogP contribution in [0.5, 0.6) is 0 Å². The summed E-state index contributed by atoms with van der Waals surface area (Å²) in [6.07, 6.45) is 3.84. The molecule has 2 rings (SSSR count). The van der Waals surface area contributed by atoms with Crippen LogP contribution in [-0.2, 0) is 11.3 Å². The van der Waals surface area contributed by atoms with Crippen LogP contribution in [0.4, 0.5) is 0 Å². The fourth-order valence-corrected chi connectivity index (χ4v) is 2.07. The SMILES string of the molecule is CN(CC(=O)NC1CC1)Cc1cnc(Cl)cc1Cl. The maximum atomic E-state index is 11.6. The van der Waals surface area contributed by atoms with Gasteiger partial charge in [0.1, 0.15) is 5.15 Å². The molecule has 98 valence electrons. The van der Waals surface area contributed by atoms with E-state index >= 15 is 0 Å². The Hall–Kier alpha value is -0.840. The number of carbonyl (C=O) groups is 1. The average Bonchev–Trinajstić information content (AvgIpc) is 3.05. The molecule has 6 heteroatoms. The first-order chi connectivity index (χ1) is 8.54. The Balaban J connectivity index is 1.85. The van der Waals surface area contributed by atoms with Gasteiger partial charge in [-0.1, -0.05) is 23.2 Å². The molecule has 0 atom stereocenters. The molecule has 1 aliphatic rings. The molecule has 1 saturated carbocycles. The van der Waals surface area contributed by atoms with Crippen LogP contribution < -0.4 is 5.32 Å². The van der Waals surface area contributed by atoms with Crippen LogP contribution in [0.25, 0.3) is 0 Å². The predicted molar refractivity (Wildman–Crippen MR) is 71.8 cm³/mol. The summed E-state index contributed by atoms with van der Waals surface area (Å²) in [5.74, 6) is 0.0537. The maximum absolute atomic E-state index is 11.6. The van der Waals surface area contributed by atoms with Gasteiger partial charge in [-0.05, 0) is 26.0 Å². The smallest absolute Gasteiger partial charge is 0.234 e. The largest absolute Gasteiger partial charge is 0.352 e. The van der Waals surface area contributed by atoms with Crippen LogP contribution in [0.1, 0.15) is 18.4 Å². The number of nitrogens with one attached hydrogen (secondary N) is 1. The van der Waals surface area contributed by atoms with Crippen molar-refractivity contribution in [2.45, 2.75) is 25.4 Å². The van der Waals surface area contributed by atoms with Crippen molar-refractivity contribution in [1.29, 1.82) is 0 Å². The van der Waals surface area contributed by atoms with Gasteiger partial charge in [-0.15, -0.1) is 0 Å². The third kappa shape index (κ3) is 4.12. The fourth-order valence-electron chi connectivity index (χ4n) is 1.64. The summed E-state index contributed by atoms with van der Waals surface area (Å²) in [7, 11) is 1.87. The molecule has 1 fully saturated rings. The van der Waals surface area contributed by atoms with Crippen molar-refractivity contribution < 1.29 is 4.79 Å². The normalized spacial score (nSPS) is 14.9. The van der Waals surface area contributed by atoms with Gasteiger partial charge in [-0.25, -0.2) is 4.98 Å². The second-order valence-electron chi connectivity index (χ2n) is 4.61. The highest BCUT2D eigenvalue weighted by molar-refractivity contribution is 6.34. The first-order valence-electron chi connectivity index (χ1n) is 5.82. The number of likely N-dealkylation sites (N-methyl/N-ethyl adjacent to an activating group) is 1. The Morgan fingerprint density at radius 3 is 2.89 bits per heavy atom. The van der Waals surface area contributed by atoms with Crippen molar-refractivity contribution in [3.8, 4) is 0 Å². The Morgan fingerprint density at radius 2 is 2.28 bits per heavy atom. The van der Waals surface area contributed by atoms with E-state index in [9.17, 15) is 4.79 Å². The molecule has 0 bridgehead atoms. The number of aromatic nitrogens is 1. The molecule has 0 radical (unpaired) electrons. The molecule has 1 amide bonds. The van der Waals surface area contributed by atoms with E-state index < -0.39 is 0 Å². The summed E-state index contributed by atoms with van der Waals surface area (Å²) in [6, 6.07) is 2.00. The van der Waals surface area contributed by atoms with Gasteiger partial charge in [0.15, 0.2) is 0 Å². The van der Waals surface area contributed by atoms with E-state index in [1.807, 2.05) is 11.9 Å². The number of carbonyl (C=O) groups excluding carboxylic acids is 1. The quantitative estimate of drug-likeness (QED) is 0.844. The summed E-state index contributed by atoms with van der Waals surface area (Å²) >= 11 is 11.8. The minimum Gasteiger partial charge on any atom is -0.352 e. The summed E-state index contributed by atoms with van der Waals surface area (Å²) in [6.45, 7) is 0.927. The van der Waals surface area contributed by atoms with Gasteiger partial charge in [0.25, 0.3) is 0 Å². The first kappa shape index (κ1) is 13.6. The molecule has 0 unspecified atom stereocenters. The van der Waals surface area contributed by atoms with Crippen LogP contribution in [0.2, 0.25) is 10.2 Å². The molecule has 1 aliphatic carbocycles. The molecule has 1 N–H and O–H groups in total. The lowest BCUT2D eigenvalue weighted by Crippen LogP contribution is -2.36. The molecule has 1 heterocycles. The van der Waals surface area contributed by atoms with Crippen molar-refractivity contribution >= 4 is 29.1 Å². The van der Waals surface area contributed by atoms with Crippen LogP contribution in [0.3, 0.4) is 0 Å². The fraction of sp³-hybridized carbons (Fsp3) is 0.500. The zero-order valence-corrected chi connectivity index (χ0v) is 11.6. The van der Waals surface area contributed by atoms with Gasteiger partial charge in [0.05, 0.1) is 6.54 Å². The highest BCUT2D eigenvalue weighted by Gasteiger charge is 2.23. The number of hydrogen-bond acceptors (Lipinski definition) is 3. The number of halogens is 2. The van der Waals surface area contributed by atoms with Crippen molar-refractivity contribution in [2.75, 3.05) is 13.6 Å². The zero-order chi connectivity index (χ0) is 13.1. The third-order valence-corrected chi connectivity index (χ3v) is 3.25. The van der Waals surface area contributed by atoms with Crippen LogP contribution in [-0.4, -0.2) is 35.4 Å². The third-order valence-electron chi connectivity index (χ3n) is 2.69. The van der Waals surface area contributed by atoms with Gasteiger partial charge in [-0.2, -0.15) is 0 Å². The molecule has 0 aromatic carbocycles. The van der Waals surface area contributed by atoms with Crippen LogP contribution in [0.15, 0.2) is 12.3 Å². The van der Waals surface area contributed by atoms with Gasteiger partial charge in [0, 0.05) is 29.4 Å². The maximum Gasteiger partial charge on any atom is 0.234 e. The van der Waals surface area contributed by atoms with E-state index in [0.717, 1.165) is 18.4 Å². The number of amides is 1. The molecule has 0 saturated heterocycles. The predicted octanol–water partition coefficient (Wildman–Crippen LogP) is 2.10.